The number of carbonyl (C=O) groups excluding carboxylic acids is 1. The van der Waals surface area contributed by atoms with Gasteiger partial charge in [-0.1, -0.05) is 40.5 Å². The fraction of sp³-hybridized carbons (Fsp3) is 0.263. The molecule has 1 aliphatic heterocycles. The molecule has 2 N–H and O–H groups in total. The summed E-state index contributed by atoms with van der Waals surface area (Å²) in [5.74, 6) is 5.05. The first-order chi connectivity index (χ1) is 13.8. The van der Waals surface area contributed by atoms with Gasteiger partial charge in [0.2, 0.25) is 10.0 Å². The predicted octanol–water partition coefficient (Wildman–Crippen LogP) is 1.94. The van der Waals surface area contributed by atoms with Crippen LogP contribution in [0.1, 0.15) is 21.6 Å². The molecule has 8 nitrogen and oxygen atoms in total. The van der Waals surface area contributed by atoms with E-state index in [1.165, 1.54) is 10.8 Å². The first-order valence-electron chi connectivity index (χ1n) is 8.47. The molecule has 1 aliphatic rings. The summed E-state index contributed by atoms with van der Waals surface area (Å²) in [5, 5.41) is 11.9. The maximum absolute atomic E-state index is 12.9. The van der Waals surface area contributed by atoms with E-state index in [0.717, 1.165) is 5.56 Å². The molecule has 0 spiro atoms. The molecule has 0 radical (unpaired) electrons. The summed E-state index contributed by atoms with van der Waals surface area (Å²) in [6.45, 7) is 1.77. The molecule has 1 aromatic carbocycles. The van der Waals surface area contributed by atoms with Crippen LogP contribution in [0.4, 0.5) is 5.69 Å². The van der Waals surface area contributed by atoms with Crippen LogP contribution < -0.4 is 14.8 Å². The lowest BCUT2D eigenvalue weighted by Crippen LogP contribution is -2.35. The smallest absolute Gasteiger partial charge is 0.276 e. The van der Waals surface area contributed by atoms with Crippen LogP contribution in [-0.4, -0.2) is 36.0 Å². The van der Waals surface area contributed by atoms with Crippen LogP contribution in [0, 0.1) is 30.1 Å². The Hall–Kier alpha value is -2.54. The number of rotatable bonds is 2. The average molecular weight is 524 g/mol. The number of aryl methyl sites for hydroxylation is 2. The molecule has 1 aromatic heterocycles. The molecule has 0 fully saturated rings. The van der Waals surface area contributed by atoms with Crippen LogP contribution in [0.3, 0.4) is 0 Å². The summed E-state index contributed by atoms with van der Waals surface area (Å²) >= 11 is 2.07. The van der Waals surface area contributed by atoms with Gasteiger partial charge in [0.25, 0.3) is 5.91 Å². The topological polar surface area (TPSA) is 113 Å². The number of sulfonamides is 1. The van der Waals surface area contributed by atoms with E-state index in [0.29, 0.717) is 15.7 Å². The monoisotopic (exact) mass is 524 g/mol. The minimum atomic E-state index is -3.91. The van der Waals surface area contributed by atoms with Crippen LogP contribution >= 0.6 is 22.6 Å². The van der Waals surface area contributed by atoms with Crippen molar-refractivity contribution in [1.82, 2.24) is 9.29 Å². The molecule has 2 heterocycles. The van der Waals surface area contributed by atoms with E-state index >= 15 is 0 Å². The van der Waals surface area contributed by atoms with E-state index in [9.17, 15) is 13.2 Å². The summed E-state index contributed by atoms with van der Waals surface area (Å²) in [7, 11) is -2.35. The van der Waals surface area contributed by atoms with E-state index < -0.39 is 22.0 Å². The number of nitrogens with zero attached hydrogens (tertiary/aromatic N) is 2. The maximum atomic E-state index is 12.9. The first kappa shape index (κ1) is 21.2. The van der Waals surface area contributed by atoms with Crippen molar-refractivity contribution in [3.05, 3.63) is 41.2 Å². The maximum Gasteiger partial charge on any atom is 0.276 e. The number of carbonyl (C=O) groups is 1. The molecular formula is C19H17IN4O4S. The van der Waals surface area contributed by atoms with Gasteiger partial charge in [-0.2, -0.15) is 9.98 Å². The highest BCUT2D eigenvalue weighted by atomic mass is 127. The van der Waals surface area contributed by atoms with Crippen molar-refractivity contribution in [2.24, 2.45) is 7.05 Å². The second-order valence-electron chi connectivity index (χ2n) is 6.32. The van der Waals surface area contributed by atoms with Crippen molar-refractivity contribution in [2.75, 3.05) is 16.4 Å². The second kappa shape index (κ2) is 8.45. The number of benzene rings is 1. The van der Waals surface area contributed by atoms with Gasteiger partial charge in [0.05, 0.1) is 16.1 Å². The summed E-state index contributed by atoms with van der Waals surface area (Å²) < 4.78 is 35.5. The molecule has 0 saturated heterocycles. The summed E-state index contributed by atoms with van der Waals surface area (Å²) in [5.41, 5.74) is 1.71. The largest absolute Gasteiger partial charge is 0.487 e. The van der Waals surface area contributed by atoms with Gasteiger partial charge in [-0.3, -0.25) is 4.79 Å². The normalized spacial score (nSPS) is 17.0. The number of anilines is 1. The highest BCUT2D eigenvalue weighted by Gasteiger charge is 2.34. The Morgan fingerprint density at radius 2 is 2.24 bits per heavy atom. The molecule has 1 amide bonds. The number of hydrogen-bond acceptors (Lipinski definition) is 5. The second-order valence-corrected chi connectivity index (χ2v) is 8.76. The number of aromatic nitrogens is 1. The number of ether oxygens (including phenoxy) is 1. The number of nitriles is 1. The molecule has 2 aromatic rings. The molecule has 29 heavy (non-hydrogen) atoms. The number of nitrogens with one attached hydrogen (secondary N) is 2. The Morgan fingerprint density at radius 1 is 1.48 bits per heavy atom. The highest BCUT2D eigenvalue weighted by molar-refractivity contribution is 14.1. The lowest BCUT2D eigenvalue weighted by molar-refractivity contribution is 0.101. The van der Waals surface area contributed by atoms with Gasteiger partial charge in [0.15, 0.2) is 11.4 Å². The number of halogens is 1. The molecule has 10 heteroatoms. The van der Waals surface area contributed by atoms with Crippen LogP contribution in [0.25, 0.3) is 0 Å². The van der Waals surface area contributed by atoms with Gasteiger partial charge in [0, 0.05) is 18.9 Å². The SMILES string of the molecule is Cc1ccc(NC(=O)c2c3c(cn2C)S(=O)(=O)N[C@@H](C#CCI)CO3)cc1C#N. The van der Waals surface area contributed by atoms with E-state index in [1.807, 2.05) is 0 Å². The van der Waals surface area contributed by atoms with Crippen molar-refractivity contribution in [2.45, 2.75) is 17.9 Å². The minimum Gasteiger partial charge on any atom is -0.487 e. The van der Waals surface area contributed by atoms with Crippen LogP contribution in [0.15, 0.2) is 29.3 Å². The zero-order chi connectivity index (χ0) is 21.2. The number of alkyl halides is 1. The van der Waals surface area contributed by atoms with Gasteiger partial charge in [-0.15, -0.1) is 0 Å². The fourth-order valence-electron chi connectivity index (χ4n) is 2.86. The zero-order valence-corrected chi connectivity index (χ0v) is 18.6. The molecule has 150 valence electrons. The Balaban J connectivity index is 1.96. The molecule has 0 aliphatic carbocycles. The van der Waals surface area contributed by atoms with Crippen molar-refractivity contribution in [1.29, 1.82) is 5.26 Å². The molecular weight excluding hydrogens is 507 g/mol. The van der Waals surface area contributed by atoms with Gasteiger partial charge >= 0.3 is 0 Å². The Morgan fingerprint density at radius 3 is 2.93 bits per heavy atom. The fourth-order valence-corrected chi connectivity index (χ4v) is 4.41. The van der Waals surface area contributed by atoms with E-state index in [-0.39, 0.29) is 22.9 Å². The summed E-state index contributed by atoms with van der Waals surface area (Å²) in [4.78, 5) is 12.8. The quantitative estimate of drug-likeness (QED) is 0.354. The van der Waals surface area contributed by atoms with Gasteiger partial charge < -0.3 is 14.6 Å². The van der Waals surface area contributed by atoms with E-state index in [4.69, 9.17) is 10.00 Å². The first-order valence-corrected chi connectivity index (χ1v) is 11.5. The standard InChI is InChI=1S/C19H17IN4O4S/c1-12-5-6-14(8-13(12)9-21)22-19(25)17-18-16(10-24(17)2)29(26,27)23-15(11-28-18)4-3-7-20/h5-6,8,10,15,23H,7,11H2,1-2H3,(H,22,25)/t15-/m0/s1. The lowest BCUT2D eigenvalue weighted by atomic mass is 10.1. The lowest BCUT2D eigenvalue weighted by Gasteiger charge is -2.11. The number of amides is 1. The summed E-state index contributed by atoms with van der Waals surface area (Å²) in [6.07, 6.45) is 1.33. The minimum absolute atomic E-state index is 0.0242. The van der Waals surface area contributed by atoms with Crippen molar-refractivity contribution >= 4 is 44.2 Å². The number of hydrogen-bond donors (Lipinski definition) is 2. The summed E-state index contributed by atoms with van der Waals surface area (Å²) in [6, 6.07) is 6.31. The van der Waals surface area contributed by atoms with Gasteiger partial charge in [-0.25, -0.2) is 8.42 Å². The molecule has 0 unspecified atom stereocenters. The molecule has 1 atom stereocenters. The average Bonchev–Trinajstić information content (AvgIpc) is 2.96. The number of fused-ring (bicyclic) bond motifs is 1. The van der Waals surface area contributed by atoms with Gasteiger partial charge in [-0.05, 0) is 24.6 Å². The van der Waals surface area contributed by atoms with Gasteiger partial charge in [0.1, 0.15) is 17.5 Å². The van der Waals surface area contributed by atoms with Crippen LogP contribution in [0.5, 0.6) is 5.75 Å². The van der Waals surface area contributed by atoms with E-state index in [2.05, 4.69) is 50.5 Å². The zero-order valence-electron chi connectivity index (χ0n) is 15.6. The van der Waals surface area contributed by atoms with Crippen molar-refractivity contribution in [3.8, 4) is 23.7 Å². The van der Waals surface area contributed by atoms with Crippen LogP contribution in [0.2, 0.25) is 0 Å². The molecule has 3 rings (SSSR count). The third kappa shape index (κ3) is 4.40. The predicted molar refractivity (Wildman–Crippen MR) is 116 cm³/mol. The molecule has 0 bridgehead atoms. The molecule has 0 saturated carbocycles. The van der Waals surface area contributed by atoms with E-state index in [1.54, 1.807) is 32.2 Å². The van der Waals surface area contributed by atoms with Crippen molar-refractivity contribution in [3.63, 3.8) is 0 Å². The van der Waals surface area contributed by atoms with Crippen molar-refractivity contribution < 1.29 is 17.9 Å². The highest BCUT2D eigenvalue weighted by Crippen LogP contribution is 2.32. The Bertz CT molecular complexity index is 1190. The Labute approximate surface area is 182 Å². The third-order valence-electron chi connectivity index (χ3n) is 4.26. The third-order valence-corrected chi connectivity index (χ3v) is 6.10. The Kier molecular flexibility index (Phi) is 6.17. The van der Waals surface area contributed by atoms with Crippen LogP contribution in [-0.2, 0) is 17.1 Å².